The lowest BCUT2D eigenvalue weighted by Gasteiger charge is -2.37. The largest absolute Gasteiger partial charge is 0.386 e. The number of aromatic nitrogens is 1. The average molecular weight is 508 g/mol. The Morgan fingerprint density at radius 3 is 2.58 bits per heavy atom. The summed E-state index contributed by atoms with van der Waals surface area (Å²) in [5, 5.41) is 15.9. The van der Waals surface area contributed by atoms with Gasteiger partial charge in [0.2, 0.25) is 11.7 Å². The van der Waals surface area contributed by atoms with Crippen molar-refractivity contribution in [3.8, 4) is 0 Å². The second kappa shape index (κ2) is 10.1. The molecule has 2 fully saturated rings. The lowest BCUT2D eigenvalue weighted by Crippen LogP contribution is -2.46. The molecule has 8 heteroatoms. The standard InChI is InChI=1S/C28H30ClN3O4/c1-2-22-16-24(36-30-22)26(34)31-13-11-28(12-14-31)17-23(25(33)20-8-4-3-5-9-20)32(27(28)35)18-19-7-6-10-21(29)15-19/h3-10,15-16,23,25,33H,2,11-14,17-18H2,1H3/t23-,25+/m0/s1. The van der Waals surface area contributed by atoms with Gasteiger partial charge in [0.15, 0.2) is 0 Å². The van der Waals surface area contributed by atoms with Crippen molar-refractivity contribution in [2.24, 2.45) is 5.41 Å². The Bertz CT molecular complexity index is 1240. The Balaban J connectivity index is 1.37. The SMILES string of the molecule is CCc1cc(C(=O)N2CCC3(CC2)C[C@@H]([C@H](O)c2ccccc2)N(Cc2cccc(Cl)c2)C3=O)on1. The van der Waals surface area contributed by atoms with Crippen molar-refractivity contribution in [1.29, 1.82) is 0 Å². The van der Waals surface area contributed by atoms with Crippen molar-refractivity contribution in [2.75, 3.05) is 13.1 Å². The number of likely N-dealkylation sites (tertiary alicyclic amines) is 2. The molecule has 5 rings (SSSR count). The molecule has 0 saturated carbocycles. The second-order valence-corrected chi connectivity index (χ2v) is 10.2. The van der Waals surface area contributed by atoms with Crippen LogP contribution in [0.4, 0.5) is 0 Å². The predicted molar refractivity (Wildman–Crippen MR) is 135 cm³/mol. The summed E-state index contributed by atoms with van der Waals surface area (Å²) in [7, 11) is 0. The molecule has 188 valence electrons. The first-order chi connectivity index (χ1) is 17.4. The number of carbonyl (C=O) groups is 2. The van der Waals surface area contributed by atoms with Crippen molar-refractivity contribution < 1.29 is 19.2 Å². The summed E-state index contributed by atoms with van der Waals surface area (Å²) in [5.41, 5.74) is 1.83. The summed E-state index contributed by atoms with van der Waals surface area (Å²) in [6.45, 7) is 3.23. The highest BCUT2D eigenvalue weighted by Crippen LogP contribution is 2.48. The van der Waals surface area contributed by atoms with E-state index < -0.39 is 11.5 Å². The molecule has 2 aliphatic rings. The number of carbonyl (C=O) groups excluding carboxylic acids is 2. The van der Waals surface area contributed by atoms with Crippen LogP contribution in [0, 0.1) is 5.41 Å². The van der Waals surface area contributed by atoms with Gasteiger partial charge in [-0.05, 0) is 48.9 Å². The van der Waals surface area contributed by atoms with Gasteiger partial charge in [0.1, 0.15) is 0 Å². The van der Waals surface area contributed by atoms with Gasteiger partial charge < -0.3 is 19.4 Å². The van der Waals surface area contributed by atoms with E-state index in [0.29, 0.717) is 50.3 Å². The maximum absolute atomic E-state index is 14.0. The maximum Gasteiger partial charge on any atom is 0.292 e. The number of aliphatic hydroxyl groups is 1. The molecule has 7 nitrogen and oxygen atoms in total. The fourth-order valence-electron chi connectivity index (χ4n) is 5.52. The Labute approximate surface area is 215 Å². The lowest BCUT2D eigenvalue weighted by atomic mass is 9.75. The summed E-state index contributed by atoms with van der Waals surface area (Å²) in [5.74, 6) is 0.0714. The number of piperidine rings is 1. The predicted octanol–water partition coefficient (Wildman–Crippen LogP) is 4.65. The van der Waals surface area contributed by atoms with Crippen molar-refractivity contribution in [1.82, 2.24) is 15.0 Å². The van der Waals surface area contributed by atoms with Crippen LogP contribution in [0.5, 0.6) is 0 Å². The molecule has 2 amide bonds. The van der Waals surface area contributed by atoms with Crippen LogP contribution in [-0.2, 0) is 17.8 Å². The quantitative estimate of drug-likeness (QED) is 0.525. The van der Waals surface area contributed by atoms with Crippen LogP contribution < -0.4 is 0 Å². The summed E-state index contributed by atoms with van der Waals surface area (Å²) in [4.78, 5) is 30.5. The molecule has 1 N–H and O–H groups in total. The minimum absolute atomic E-state index is 0.0301. The van der Waals surface area contributed by atoms with Gasteiger partial charge in [0.25, 0.3) is 5.91 Å². The van der Waals surface area contributed by atoms with Crippen LogP contribution in [0.15, 0.2) is 65.2 Å². The number of hydrogen-bond acceptors (Lipinski definition) is 5. The molecule has 0 aliphatic carbocycles. The zero-order valence-corrected chi connectivity index (χ0v) is 21.0. The Morgan fingerprint density at radius 2 is 1.92 bits per heavy atom. The first kappa shape index (κ1) is 24.5. The molecule has 0 radical (unpaired) electrons. The Kier molecular flexibility index (Phi) is 6.86. The van der Waals surface area contributed by atoms with Crippen molar-refractivity contribution in [3.05, 3.63) is 88.3 Å². The molecule has 2 aliphatic heterocycles. The molecule has 3 heterocycles. The van der Waals surface area contributed by atoms with Gasteiger partial charge in [-0.15, -0.1) is 0 Å². The maximum atomic E-state index is 14.0. The van der Waals surface area contributed by atoms with E-state index in [2.05, 4.69) is 5.16 Å². The van der Waals surface area contributed by atoms with Gasteiger partial charge in [0, 0.05) is 30.7 Å². The number of nitrogens with zero attached hydrogens (tertiary/aromatic N) is 3. The average Bonchev–Trinajstić information content (AvgIpc) is 3.49. The van der Waals surface area contributed by atoms with E-state index in [1.807, 2.05) is 60.4 Å². The first-order valence-corrected chi connectivity index (χ1v) is 12.8. The van der Waals surface area contributed by atoms with Crippen LogP contribution in [0.2, 0.25) is 5.02 Å². The van der Waals surface area contributed by atoms with Crippen molar-refractivity contribution >= 4 is 23.4 Å². The zero-order valence-electron chi connectivity index (χ0n) is 20.3. The summed E-state index contributed by atoms with van der Waals surface area (Å²) < 4.78 is 5.24. The van der Waals surface area contributed by atoms with Crippen molar-refractivity contribution in [2.45, 2.75) is 51.3 Å². The van der Waals surface area contributed by atoms with Crippen LogP contribution >= 0.6 is 11.6 Å². The van der Waals surface area contributed by atoms with Gasteiger partial charge in [-0.1, -0.05) is 66.1 Å². The van der Waals surface area contributed by atoms with Gasteiger partial charge >= 0.3 is 0 Å². The third kappa shape index (κ3) is 4.65. The Hall–Kier alpha value is -3.16. The molecule has 1 spiro atoms. The molecule has 0 unspecified atom stereocenters. The van der Waals surface area contributed by atoms with E-state index in [9.17, 15) is 14.7 Å². The zero-order chi connectivity index (χ0) is 25.3. The van der Waals surface area contributed by atoms with Gasteiger partial charge in [-0.3, -0.25) is 9.59 Å². The molecule has 1 aromatic heterocycles. The Morgan fingerprint density at radius 1 is 1.17 bits per heavy atom. The van der Waals surface area contributed by atoms with E-state index in [1.54, 1.807) is 17.0 Å². The van der Waals surface area contributed by atoms with E-state index >= 15 is 0 Å². The number of benzene rings is 2. The van der Waals surface area contributed by atoms with E-state index in [4.69, 9.17) is 16.1 Å². The topological polar surface area (TPSA) is 86.9 Å². The second-order valence-electron chi connectivity index (χ2n) is 9.80. The molecule has 2 atom stereocenters. The molecule has 0 bridgehead atoms. The third-order valence-electron chi connectivity index (χ3n) is 7.60. The number of aliphatic hydroxyl groups excluding tert-OH is 1. The molecular weight excluding hydrogens is 478 g/mol. The summed E-state index contributed by atoms with van der Waals surface area (Å²) in [6, 6.07) is 18.3. The van der Waals surface area contributed by atoms with E-state index in [-0.39, 0.29) is 23.6 Å². The minimum Gasteiger partial charge on any atom is -0.386 e. The monoisotopic (exact) mass is 507 g/mol. The number of hydrogen-bond donors (Lipinski definition) is 1. The third-order valence-corrected chi connectivity index (χ3v) is 7.84. The molecule has 2 aromatic carbocycles. The minimum atomic E-state index is -0.810. The van der Waals surface area contributed by atoms with E-state index in [0.717, 1.165) is 16.8 Å². The van der Waals surface area contributed by atoms with E-state index in [1.165, 1.54) is 0 Å². The fourth-order valence-corrected chi connectivity index (χ4v) is 5.73. The molecular formula is C28H30ClN3O4. The highest BCUT2D eigenvalue weighted by Gasteiger charge is 2.54. The fraction of sp³-hybridized carbons (Fsp3) is 0.393. The summed E-state index contributed by atoms with van der Waals surface area (Å²) >= 11 is 6.21. The first-order valence-electron chi connectivity index (χ1n) is 12.4. The normalized spacial score (nSPS) is 20.2. The number of halogens is 1. The number of aryl methyl sites for hydroxylation is 1. The highest BCUT2D eigenvalue weighted by molar-refractivity contribution is 6.30. The molecule has 3 aromatic rings. The van der Waals surface area contributed by atoms with Gasteiger partial charge in [-0.2, -0.15) is 0 Å². The van der Waals surface area contributed by atoms with Gasteiger partial charge in [0.05, 0.1) is 23.3 Å². The molecule has 2 saturated heterocycles. The van der Waals surface area contributed by atoms with Crippen LogP contribution in [-0.4, -0.2) is 51.0 Å². The highest BCUT2D eigenvalue weighted by atomic mass is 35.5. The van der Waals surface area contributed by atoms with Crippen LogP contribution in [0.25, 0.3) is 0 Å². The lowest BCUT2D eigenvalue weighted by molar-refractivity contribution is -0.140. The molecule has 36 heavy (non-hydrogen) atoms. The van der Waals surface area contributed by atoms with Crippen molar-refractivity contribution in [3.63, 3.8) is 0 Å². The van der Waals surface area contributed by atoms with Crippen LogP contribution in [0.3, 0.4) is 0 Å². The number of rotatable bonds is 6. The van der Waals surface area contributed by atoms with Crippen LogP contribution in [0.1, 0.15) is 59.7 Å². The number of amides is 2. The summed E-state index contributed by atoms with van der Waals surface area (Å²) in [6.07, 6.45) is 1.50. The smallest absolute Gasteiger partial charge is 0.292 e. The van der Waals surface area contributed by atoms with Gasteiger partial charge in [-0.25, -0.2) is 0 Å².